The topological polar surface area (TPSA) is 74.7 Å². The van der Waals surface area contributed by atoms with Gasteiger partial charge in [0.05, 0.1) is 28.6 Å². The number of alkyl halides is 3. The van der Waals surface area contributed by atoms with E-state index < -0.39 is 40.2 Å². The highest BCUT2D eigenvalue weighted by Gasteiger charge is 2.44. The lowest BCUT2D eigenvalue weighted by atomic mass is 10.0. The Hall–Kier alpha value is -2.55. The molecule has 1 aliphatic rings. The van der Waals surface area contributed by atoms with Gasteiger partial charge < -0.3 is 5.11 Å². The van der Waals surface area contributed by atoms with Crippen molar-refractivity contribution in [2.24, 2.45) is 0 Å². The van der Waals surface area contributed by atoms with E-state index in [0.717, 1.165) is 16.4 Å². The van der Waals surface area contributed by atoms with Gasteiger partial charge in [-0.05, 0) is 29.8 Å². The Bertz CT molecular complexity index is 940. The molecule has 0 bridgehead atoms. The molecule has 1 unspecified atom stereocenters. The van der Waals surface area contributed by atoms with Crippen LogP contribution in [-0.4, -0.2) is 19.5 Å². The fraction of sp³-hybridized carbons (Fsp3) is 0.188. The standard InChI is InChI=1S/C16H12F3NO4S/c17-16(18,19)10-4-3-5-11(8-10)20-13(9-15(21)22)12-6-1-2-7-14(12)25(20,23)24/h1-8,13H,9H2,(H,21,22). The fourth-order valence-corrected chi connectivity index (χ4v) is 4.77. The summed E-state index contributed by atoms with van der Waals surface area (Å²) < 4.78 is 65.2. The number of halogens is 3. The maximum Gasteiger partial charge on any atom is 0.416 e. The van der Waals surface area contributed by atoms with Crippen LogP contribution in [0.2, 0.25) is 0 Å². The van der Waals surface area contributed by atoms with E-state index in [4.69, 9.17) is 5.11 Å². The molecule has 1 N–H and O–H groups in total. The average Bonchev–Trinajstić information content (AvgIpc) is 2.74. The Morgan fingerprint density at radius 3 is 2.44 bits per heavy atom. The summed E-state index contributed by atoms with van der Waals surface area (Å²) in [6.45, 7) is 0. The van der Waals surface area contributed by atoms with Gasteiger partial charge in [0.25, 0.3) is 10.0 Å². The van der Waals surface area contributed by atoms with Crippen LogP contribution in [0.1, 0.15) is 23.6 Å². The molecule has 0 amide bonds. The predicted octanol–water partition coefficient (Wildman–Crippen LogP) is 3.43. The minimum Gasteiger partial charge on any atom is -0.481 e. The number of aliphatic carboxylic acids is 1. The van der Waals surface area contributed by atoms with Crippen LogP contribution in [0, 0.1) is 0 Å². The minimum atomic E-state index is -4.64. The second kappa shape index (κ2) is 5.76. The van der Waals surface area contributed by atoms with Crippen LogP contribution < -0.4 is 4.31 Å². The summed E-state index contributed by atoms with van der Waals surface area (Å²) in [5.74, 6) is -1.26. The van der Waals surface area contributed by atoms with Gasteiger partial charge in [-0.2, -0.15) is 13.2 Å². The van der Waals surface area contributed by atoms with Crippen molar-refractivity contribution < 1.29 is 31.5 Å². The van der Waals surface area contributed by atoms with Crippen molar-refractivity contribution in [2.45, 2.75) is 23.5 Å². The van der Waals surface area contributed by atoms with Crippen molar-refractivity contribution in [3.63, 3.8) is 0 Å². The molecule has 1 atom stereocenters. The summed E-state index contributed by atoms with van der Waals surface area (Å²) in [4.78, 5) is 11.1. The Morgan fingerprint density at radius 2 is 1.80 bits per heavy atom. The number of hydrogen-bond donors (Lipinski definition) is 1. The number of hydrogen-bond acceptors (Lipinski definition) is 3. The molecule has 1 heterocycles. The zero-order valence-electron chi connectivity index (χ0n) is 12.6. The number of fused-ring (bicyclic) bond motifs is 1. The van der Waals surface area contributed by atoms with Gasteiger partial charge in [0, 0.05) is 0 Å². The molecule has 2 aromatic rings. The lowest BCUT2D eigenvalue weighted by Gasteiger charge is -2.25. The van der Waals surface area contributed by atoms with E-state index in [1.807, 2.05) is 0 Å². The van der Waals surface area contributed by atoms with Gasteiger partial charge in [-0.15, -0.1) is 0 Å². The van der Waals surface area contributed by atoms with Crippen molar-refractivity contribution in [3.05, 3.63) is 59.7 Å². The summed E-state index contributed by atoms with van der Waals surface area (Å²) in [5, 5.41) is 9.12. The number of benzene rings is 2. The van der Waals surface area contributed by atoms with Crippen LogP contribution in [0.4, 0.5) is 18.9 Å². The molecule has 25 heavy (non-hydrogen) atoms. The molecule has 1 aliphatic heterocycles. The molecule has 5 nitrogen and oxygen atoms in total. The zero-order chi connectivity index (χ0) is 18.4. The van der Waals surface area contributed by atoms with Crippen LogP contribution in [0.15, 0.2) is 53.4 Å². The number of nitrogens with zero attached hydrogens (tertiary/aromatic N) is 1. The highest BCUT2D eigenvalue weighted by Crippen LogP contribution is 2.45. The van der Waals surface area contributed by atoms with Gasteiger partial charge in [0.2, 0.25) is 0 Å². The average molecular weight is 371 g/mol. The van der Waals surface area contributed by atoms with Crippen LogP contribution in [-0.2, 0) is 21.0 Å². The molecule has 2 aromatic carbocycles. The molecule has 9 heteroatoms. The number of anilines is 1. The van der Waals surface area contributed by atoms with Gasteiger partial charge in [0.15, 0.2) is 0 Å². The number of carboxylic acids is 1. The third kappa shape index (κ3) is 2.95. The molecular weight excluding hydrogens is 359 g/mol. The van der Waals surface area contributed by atoms with Gasteiger partial charge in [-0.3, -0.25) is 9.10 Å². The number of rotatable bonds is 3. The SMILES string of the molecule is O=C(O)CC1c2ccccc2S(=O)(=O)N1c1cccc(C(F)(F)F)c1. The first-order valence-corrected chi connectivity index (χ1v) is 8.59. The summed E-state index contributed by atoms with van der Waals surface area (Å²) in [6, 6.07) is 8.54. The van der Waals surface area contributed by atoms with E-state index in [2.05, 4.69) is 0 Å². The van der Waals surface area contributed by atoms with Crippen LogP contribution >= 0.6 is 0 Å². The van der Waals surface area contributed by atoms with E-state index in [1.54, 1.807) is 6.07 Å². The van der Waals surface area contributed by atoms with Crippen molar-refractivity contribution in [1.29, 1.82) is 0 Å². The first kappa shape index (κ1) is 17.3. The fourth-order valence-electron chi connectivity index (χ4n) is 2.89. The molecular formula is C16H12F3NO4S. The molecule has 0 fully saturated rings. The van der Waals surface area contributed by atoms with Gasteiger partial charge >= 0.3 is 12.1 Å². The second-order valence-electron chi connectivity index (χ2n) is 5.50. The van der Waals surface area contributed by atoms with Crippen molar-refractivity contribution in [2.75, 3.05) is 4.31 Å². The highest BCUT2D eigenvalue weighted by molar-refractivity contribution is 7.93. The van der Waals surface area contributed by atoms with Crippen molar-refractivity contribution in [3.8, 4) is 0 Å². The third-order valence-corrected chi connectivity index (χ3v) is 5.80. The lowest BCUT2D eigenvalue weighted by Crippen LogP contribution is -2.29. The molecule has 132 valence electrons. The van der Waals surface area contributed by atoms with E-state index in [1.165, 1.54) is 24.3 Å². The van der Waals surface area contributed by atoms with Crippen LogP contribution in [0.5, 0.6) is 0 Å². The highest BCUT2D eigenvalue weighted by atomic mass is 32.2. The molecule has 0 aliphatic carbocycles. The minimum absolute atomic E-state index is 0.0985. The summed E-state index contributed by atoms with van der Waals surface area (Å²) in [6.07, 6.45) is -5.21. The number of carbonyl (C=O) groups is 1. The van der Waals surface area contributed by atoms with E-state index in [-0.39, 0.29) is 16.1 Å². The van der Waals surface area contributed by atoms with E-state index >= 15 is 0 Å². The Morgan fingerprint density at radius 1 is 1.12 bits per heavy atom. The number of sulfonamides is 1. The maximum atomic E-state index is 13.0. The molecule has 0 saturated heterocycles. The third-order valence-electron chi connectivity index (χ3n) is 3.89. The quantitative estimate of drug-likeness (QED) is 0.897. The van der Waals surface area contributed by atoms with Crippen LogP contribution in [0.3, 0.4) is 0 Å². The molecule has 0 saturated carbocycles. The predicted molar refractivity (Wildman–Crippen MR) is 82.5 cm³/mol. The second-order valence-corrected chi connectivity index (χ2v) is 7.28. The summed E-state index contributed by atoms with van der Waals surface area (Å²) in [5.41, 5.74) is -0.982. The summed E-state index contributed by atoms with van der Waals surface area (Å²) in [7, 11) is -4.15. The number of carboxylic acid groups (broad SMARTS) is 1. The molecule has 3 rings (SSSR count). The maximum absolute atomic E-state index is 13.0. The molecule has 0 radical (unpaired) electrons. The lowest BCUT2D eigenvalue weighted by molar-refractivity contribution is -0.138. The Balaban J connectivity index is 2.19. The van der Waals surface area contributed by atoms with Gasteiger partial charge in [-0.25, -0.2) is 8.42 Å². The van der Waals surface area contributed by atoms with Crippen molar-refractivity contribution >= 4 is 21.7 Å². The van der Waals surface area contributed by atoms with E-state index in [9.17, 15) is 26.4 Å². The first-order valence-electron chi connectivity index (χ1n) is 7.15. The summed E-state index contributed by atoms with van der Waals surface area (Å²) >= 11 is 0. The normalized spacial score (nSPS) is 18.8. The first-order chi connectivity index (χ1) is 11.6. The van der Waals surface area contributed by atoms with Gasteiger partial charge in [-0.1, -0.05) is 24.3 Å². The van der Waals surface area contributed by atoms with Crippen molar-refractivity contribution in [1.82, 2.24) is 0 Å². The molecule has 0 spiro atoms. The van der Waals surface area contributed by atoms with Crippen LogP contribution in [0.25, 0.3) is 0 Å². The monoisotopic (exact) mass is 371 g/mol. The molecule has 0 aromatic heterocycles. The largest absolute Gasteiger partial charge is 0.481 e. The Kier molecular flexibility index (Phi) is 3.98. The van der Waals surface area contributed by atoms with E-state index in [0.29, 0.717) is 6.07 Å². The smallest absolute Gasteiger partial charge is 0.416 e. The zero-order valence-corrected chi connectivity index (χ0v) is 13.4. The van der Waals surface area contributed by atoms with Gasteiger partial charge in [0.1, 0.15) is 0 Å². The Labute approximate surface area is 141 Å².